The van der Waals surface area contributed by atoms with E-state index >= 15 is 0 Å². The number of ketones is 5. The van der Waals surface area contributed by atoms with Gasteiger partial charge in [-0.1, -0.05) is 72.1 Å². The van der Waals surface area contributed by atoms with Crippen molar-refractivity contribution in [3.8, 4) is 0 Å². The van der Waals surface area contributed by atoms with Gasteiger partial charge in [-0.2, -0.15) is 0 Å². The maximum absolute atomic E-state index is 14.2. The largest absolute Gasteiger partial charge is 0.507 e. The van der Waals surface area contributed by atoms with E-state index in [0.717, 1.165) is 38.5 Å². The normalized spacial score (nSPS) is 26.8. The molecule has 0 aromatic carbocycles. The highest BCUT2D eigenvalue weighted by Gasteiger charge is 2.46. The van der Waals surface area contributed by atoms with Crippen molar-refractivity contribution in [1.29, 1.82) is 0 Å². The third-order valence-corrected chi connectivity index (χ3v) is 22.4. The first kappa shape index (κ1) is 103. The molecule has 16 unspecified atom stereocenters. The van der Waals surface area contributed by atoms with E-state index < -0.39 is 137 Å². The lowest BCUT2D eigenvalue weighted by molar-refractivity contribution is -0.282. The molecule has 666 valence electrons. The minimum absolute atomic E-state index is 0.0246. The van der Waals surface area contributed by atoms with Gasteiger partial charge >= 0.3 is 7.60 Å². The molecule has 4 saturated heterocycles. The zero-order valence-corrected chi connectivity index (χ0v) is 69.5. The monoisotopic (exact) mass is 1670 g/mol. The Morgan fingerprint density at radius 1 is 0.417 bits per heavy atom. The molecule has 0 radical (unpaired) electrons. The first-order chi connectivity index (χ1) is 55.0. The van der Waals surface area contributed by atoms with Crippen molar-refractivity contribution in [2.24, 2.45) is 23.2 Å². The van der Waals surface area contributed by atoms with E-state index in [0.29, 0.717) is 129 Å². The van der Waals surface area contributed by atoms with Crippen molar-refractivity contribution in [1.82, 2.24) is 15.5 Å². The number of nitrogens with zero attached hydrogens (tertiary/aromatic N) is 1. The molecule has 4 aliphatic heterocycles. The van der Waals surface area contributed by atoms with Crippen LogP contribution in [0, 0.1) is 29.8 Å². The molecule has 0 aliphatic carbocycles. The fourth-order valence-corrected chi connectivity index (χ4v) is 14.9. The number of nitrogens with one attached hydrogen (secondary N) is 2. The molecule has 33 nitrogen and oxygen atoms in total. The summed E-state index contributed by atoms with van der Waals surface area (Å²) in [5.74, 6) is -2.20. The molecule has 0 spiro atoms. The van der Waals surface area contributed by atoms with Crippen molar-refractivity contribution in [2.75, 3.05) is 106 Å². The van der Waals surface area contributed by atoms with Gasteiger partial charge in [0.2, 0.25) is 17.7 Å². The number of aliphatic hydroxyl groups is 10. The first-order valence-corrected chi connectivity index (χ1v) is 44.1. The Bertz CT molecular complexity index is 2570. The molecule has 34 heteroatoms. The summed E-state index contributed by atoms with van der Waals surface area (Å²) in [7, 11) is -3.99. The summed E-state index contributed by atoms with van der Waals surface area (Å²) in [6.07, 6.45) is 3.77. The number of hydrogen-bond acceptors (Lipinski definition) is 29. The molecule has 0 saturated carbocycles. The van der Waals surface area contributed by atoms with Crippen molar-refractivity contribution in [3.63, 3.8) is 0 Å². The minimum Gasteiger partial charge on any atom is -0.394 e. The van der Waals surface area contributed by atoms with E-state index in [-0.39, 0.29) is 190 Å². The van der Waals surface area contributed by atoms with Crippen LogP contribution in [0.5, 0.6) is 0 Å². The molecule has 0 bridgehead atoms. The number of aliphatic hydroxyl groups excluding tert-OH is 10. The van der Waals surface area contributed by atoms with E-state index in [4.69, 9.17) is 47.2 Å². The average molecular weight is 1670 g/mol. The van der Waals surface area contributed by atoms with Crippen molar-refractivity contribution < 1.29 is 146 Å². The van der Waals surface area contributed by atoms with Gasteiger partial charge in [0.15, 0.2) is 25.5 Å². The van der Waals surface area contributed by atoms with Crippen LogP contribution >= 0.6 is 7.60 Å². The van der Waals surface area contributed by atoms with E-state index in [1.54, 1.807) is 20.8 Å². The summed E-state index contributed by atoms with van der Waals surface area (Å²) < 4.78 is 69.3. The summed E-state index contributed by atoms with van der Waals surface area (Å²) in [6.45, 7) is 7.82. The van der Waals surface area contributed by atoms with Crippen LogP contribution in [-0.4, -0.2) is 299 Å². The third-order valence-electron chi connectivity index (χ3n) is 21.8. The molecular formula is C81H143N3O30P+. The SMILES string of the molecule is [CH2+]P(=O)(O)OC[C@@H]1C[C@@H](O)CN1C(=O)CCCCCCCCCCC(=O)CC(COCCC(=O)CCCCCC(=O)CCCCOC1OC(CO)C(O)C(O)C1C)(COCCC(=O)CCCCCC(=O)CCCCOC1OC(CO)C(O)C(O)C1C)COCCC(=O)NCCCNC(=O)CCCCOC1OC(CO)C(O)C(O)C1C. The van der Waals surface area contributed by atoms with Gasteiger partial charge in [0.25, 0.3) is 0 Å². The van der Waals surface area contributed by atoms with Crippen molar-refractivity contribution >= 4 is 54.2 Å². The van der Waals surface area contributed by atoms with Crippen LogP contribution in [0.3, 0.4) is 0 Å². The Kier molecular flexibility index (Phi) is 52.9. The van der Waals surface area contributed by atoms with Gasteiger partial charge in [0.05, 0.1) is 96.5 Å². The number of amides is 3. The Balaban J connectivity index is 1.28. The van der Waals surface area contributed by atoms with E-state index in [1.165, 1.54) is 4.90 Å². The maximum atomic E-state index is 14.2. The average Bonchev–Trinajstić information content (AvgIpc) is 1.71. The minimum atomic E-state index is -3.99. The number of β-amino-alcohol motifs (C(OH)–C–C–N with tert-alkyl or cyclic N) is 1. The molecule has 3 amide bonds. The fourth-order valence-electron chi connectivity index (χ4n) is 14.5. The summed E-state index contributed by atoms with van der Waals surface area (Å²) in [5, 5.41) is 106. The molecule has 0 aromatic rings. The van der Waals surface area contributed by atoms with Crippen LogP contribution in [0.4, 0.5) is 0 Å². The summed E-state index contributed by atoms with van der Waals surface area (Å²) in [6, 6.07) is -0.508. The second-order valence-corrected chi connectivity index (χ2v) is 33.5. The number of likely N-dealkylation sites (tertiary alicyclic amines) is 1. The molecule has 4 fully saturated rings. The number of unbranched alkanes of at least 4 members (excludes halogenated alkanes) is 14. The van der Waals surface area contributed by atoms with Gasteiger partial charge in [-0.15, -0.1) is 0 Å². The molecule has 4 heterocycles. The standard InChI is InChI=1S/C81H142N3O30P/c1-56-72(97)75(100)66(49-85)112-78(56)108-40-22-19-30-60(88)26-14-11-16-28-62(90)35-43-105-53-81(47-64(92)32-13-9-7-5-6-8-10-18-34-71(96)84-48-65(93)46-59(84)52-111-115(4,103)104,54-106-44-36-63(91)29-17-12-15-27-61(89)31-20-23-41-109-79-57(2)73(98)76(101)67(50-86)113-79)55-107-45-37-70(95)83-39-25-38-82-69(94)33-21-24-42-110-80-58(3)74(99)77(102)68(51-87)114-80/h56-59,65-68,72-80,85-87,93,97-102H,4-55H2,1-3H3,(H2-,82,83,94,95,103,104)/p+1/t56?,57?,58?,59-,65+,66?,67?,68?,72?,73?,74?,75?,76?,77?,78?,79?,80?,81?/m0/s1. The predicted molar refractivity (Wildman–Crippen MR) is 419 cm³/mol. The highest BCUT2D eigenvalue weighted by molar-refractivity contribution is 7.54. The number of ether oxygens (including phenoxy) is 9. The van der Waals surface area contributed by atoms with Crippen LogP contribution in [0.25, 0.3) is 0 Å². The smallest absolute Gasteiger partial charge is 0.394 e. The van der Waals surface area contributed by atoms with Crippen LogP contribution in [0.2, 0.25) is 0 Å². The van der Waals surface area contributed by atoms with E-state index in [9.17, 15) is 98.9 Å². The van der Waals surface area contributed by atoms with Crippen LogP contribution in [-0.2, 0) is 90.1 Å². The van der Waals surface area contributed by atoms with E-state index in [1.807, 2.05) is 0 Å². The zero-order chi connectivity index (χ0) is 84.6. The van der Waals surface area contributed by atoms with Crippen LogP contribution in [0.1, 0.15) is 245 Å². The Labute approximate surface area is 679 Å². The zero-order valence-electron chi connectivity index (χ0n) is 68.7. The summed E-state index contributed by atoms with van der Waals surface area (Å²) in [4.78, 5) is 116. The van der Waals surface area contributed by atoms with Crippen molar-refractivity contribution in [2.45, 2.75) is 331 Å². The van der Waals surface area contributed by atoms with E-state index in [2.05, 4.69) is 17.3 Å². The molecule has 115 heavy (non-hydrogen) atoms. The van der Waals surface area contributed by atoms with Gasteiger partial charge in [0, 0.05) is 146 Å². The number of hydrogen-bond donors (Lipinski definition) is 13. The van der Waals surface area contributed by atoms with Crippen LogP contribution in [0.15, 0.2) is 0 Å². The number of rotatable bonds is 68. The molecular weight excluding hydrogens is 1530 g/mol. The Morgan fingerprint density at radius 3 is 1.12 bits per heavy atom. The molecule has 13 N–H and O–H groups in total. The highest BCUT2D eigenvalue weighted by Crippen LogP contribution is 2.40. The lowest BCUT2D eigenvalue weighted by Crippen LogP contribution is -2.55. The summed E-state index contributed by atoms with van der Waals surface area (Å²) >= 11 is 0. The van der Waals surface area contributed by atoms with Gasteiger partial charge in [-0.05, 0) is 89.9 Å². The molecule has 18 atom stereocenters. The summed E-state index contributed by atoms with van der Waals surface area (Å²) in [5.41, 5.74) is -1.10. The Hall–Kier alpha value is -3.98. The second-order valence-electron chi connectivity index (χ2n) is 32.0. The lowest BCUT2D eigenvalue weighted by atomic mass is 9.83. The van der Waals surface area contributed by atoms with Gasteiger partial charge < -0.3 is 109 Å². The number of Topliss-reactive ketones (excluding diaryl/α,β-unsaturated/α-hetero) is 5. The first-order valence-electron chi connectivity index (χ1n) is 42.4. The molecule has 0 aromatic heterocycles. The highest BCUT2D eigenvalue weighted by atomic mass is 31.2. The van der Waals surface area contributed by atoms with Gasteiger partial charge in [-0.3, -0.25) is 47.8 Å². The predicted octanol–water partition coefficient (Wildman–Crippen LogP) is 4.59. The van der Waals surface area contributed by atoms with Gasteiger partial charge in [-0.25, -0.2) is 4.57 Å². The topological polar surface area (TPSA) is 496 Å². The molecule has 4 aliphatic rings. The molecule has 4 rings (SSSR count). The van der Waals surface area contributed by atoms with Crippen LogP contribution < -0.4 is 10.6 Å². The lowest BCUT2D eigenvalue weighted by Gasteiger charge is -2.40. The van der Waals surface area contributed by atoms with Crippen molar-refractivity contribution in [3.05, 3.63) is 6.66 Å². The van der Waals surface area contributed by atoms with Gasteiger partial charge in [0.1, 0.15) is 65.5 Å². The number of carbonyl (C=O) groups excluding carboxylic acids is 8. The fraction of sp³-hybridized carbons (Fsp3) is 0.889. The second kappa shape index (κ2) is 58.9. The maximum Gasteiger partial charge on any atom is 0.507 e. The third kappa shape index (κ3) is 42.4. The quantitative estimate of drug-likeness (QED) is 0.0225. The Morgan fingerprint density at radius 2 is 0.739 bits per heavy atom. The number of carbonyl (C=O) groups is 8.